The molecule has 84 valence electrons. The quantitative estimate of drug-likeness (QED) is 0.729. The van der Waals surface area contributed by atoms with E-state index in [1.807, 2.05) is 0 Å². The van der Waals surface area contributed by atoms with Crippen molar-refractivity contribution in [3.05, 3.63) is 0 Å². The summed E-state index contributed by atoms with van der Waals surface area (Å²) in [4.78, 5) is 10.6. The summed E-state index contributed by atoms with van der Waals surface area (Å²) in [7, 11) is -3.58. The molecule has 14 heavy (non-hydrogen) atoms. The fourth-order valence-electron chi connectivity index (χ4n) is 0.672. The van der Waals surface area contributed by atoms with E-state index in [-0.39, 0.29) is 6.42 Å². The topological polar surface area (TPSA) is 83.5 Å². The molecule has 0 rings (SSSR count). The molecule has 5 nitrogen and oxygen atoms in total. The van der Waals surface area contributed by atoms with Gasteiger partial charge >= 0.3 is 5.97 Å². The normalized spacial score (nSPS) is 15.1. The Balaban J connectivity index is 4.75. The Morgan fingerprint density at radius 3 is 2.07 bits per heavy atom. The van der Waals surface area contributed by atoms with Gasteiger partial charge < -0.3 is 5.11 Å². The third-order valence-electron chi connectivity index (χ3n) is 1.81. The zero-order valence-corrected chi connectivity index (χ0v) is 9.68. The van der Waals surface area contributed by atoms with Crippen molar-refractivity contribution in [1.82, 2.24) is 4.72 Å². The molecule has 0 aliphatic heterocycles. The lowest BCUT2D eigenvalue weighted by molar-refractivity contribution is -0.139. The van der Waals surface area contributed by atoms with E-state index in [2.05, 4.69) is 4.72 Å². The Morgan fingerprint density at radius 2 is 1.86 bits per heavy atom. The van der Waals surface area contributed by atoms with Gasteiger partial charge in [-0.05, 0) is 27.2 Å². The van der Waals surface area contributed by atoms with E-state index >= 15 is 0 Å². The van der Waals surface area contributed by atoms with Crippen molar-refractivity contribution in [2.45, 2.75) is 44.9 Å². The molecular weight excluding hydrogens is 206 g/mol. The van der Waals surface area contributed by atoms with Crippen LogP contribution in [-0.2, 0) is 14.8 Å². The van der Waals surface area contributed by atoms with Gasteiger partial charge in [0, 0.05) is 0 Å². The number of hydrogen-bond acceptors (Lipinski definition) is 3. The maximum absolute atomic E-state index is 11.6. The van der Waals surface area contributed by atoms with Crippen LogP contribution in [0.2, 0.25) is 0 Å². The molecule has 1 unspecified atom stereocenters. The zero-order chi connectivity index (χ0) is 11.6. The van der Waals surface area contributed by atoms with Crippen molar-refractivity contribution in [3.63, 3.8) is 0 Å². The monoisotopic (exact) mass is 223 g/mol. The van der Waals surface area contributed by atoms with Crippen LogP contribution in [0.25, 0.3) is 0 Å². The minimum Gasteiger partial charge on any atom is -0.480 e. The minimum atomic E-state index is -3.58. The molecule has 0 amide bonds. The third kappa shape index (κ3) is 3.26. The lowest BCUT2D eigenvalue weighted by Gasteiger charge is -2.22. The molecule has 0 radical (unpaired) electrons. The molecule has 2 N–H and O–H groups in total. The van der Waals surface area contributed by atoms with Gasteiger partial charge in [-0.15, -0.1) is 0 Å². The number of carbonyl (C=O) groups is 1. The summed E-state index contributed by atoms with van der Waals surface area (Å²) < 4.78 is 24.3. The summed E-state index contributed by atoms with van der Waals surface area (Å²) in [6.45, 7) is 6.17. The van der Waals surface area contributed by atoms with Crippen LogP contribution in [0.4, 0.5) is 0 Å². The molecule has 1 atom stereocenters. The highest BCUT2D eigenvalue weighted by molar-refractivity contribution is 7.90. The van der Waals surface area contributed by atoms with Gasteiger partial charge in [-0.25, -0.2) is 13.1 Å². The largest absolute Gasteiger partial charge is 0.480 e. The maximum Gasteiger partial charge on any atom is 0.321 e. The molecule has 0 aromatic carbocycles. The highest BCUT2D eigenvalue weighted by Gasteiger charge is 2.32. The zero-order valence-electron chi connectivity index (χ0n) is 8.86. The molecule has 6 heteroatoms. The van der Waals surface area contributed by atoms with Gasteiger partial charge in [0.1, 0.15) is 6.04 Å². The van der Waals surface area contributed by atoms with Crippen LogP contribution in [0.5, 0.6) is 0 Å². The first kappa shape index (κ1) is 13.4. The second-order valence-electron chi connectivity index (χ2n) is 4.03. The molecule has 0 aromatic heterocycles. The minimum absolute atomic E-state index is 0.227. The van der Waals surface area contributed by atoms with Crippen molar-refractivity contribution in [3.8, 4) is 0 Å². The van der Waals surface area contributed by atoms with Crippen LogP contribution in [0.1, 0.15) is 34.1 Å². The summed E-state index contributed by atoms with van der Waals surface area (Å²) in [5, 5.41) is 8.68. The predicted molar refractivity (Wildman–Crippen MR) is 53.5 cm³/mol. The molecule has 0 fully saturated rings. The van der Waals surface area contributed by atoms with Crippen LogP contribution in [-0.4, -0.2) is 30.3 Å². The number of carboxylic acid groups (broad SMARTS) is 1. The number of carboxylic acids is 1. The molecule has 0 aliphatic carbocycles. The van der Waals surface area contributed by atoms with E-state index in [1.54, 1.807) is 6.92 Å². The van der Waals surface area contributed by atoms with Crippen LogP contribution in [0.3, 0.4) is 0 Å². The SMILES string of the molecule is CCC(NS(=O)(=O)C(C)(C)C)C(=O)O. The fourth-order valence-corrected chi connectivity index (χ4v) is 1.67. The molecule has 0 saturated heterocycles. The summed E-state index contributed by atoms with van der Waals surface area (Å²) in [5.41, 5.74) is 0. The second-order valence-corrected chi connectivity index (χ2v) is 6.50. The van der Waals surface area contributed by atoms with Crippen LogP contribution in [0.15, 0.2) is 0 Å². The van der Waals surface area contributed by atoms with E-state index in [0.717, 1.165) is 0 Å². The Hall–Kier alpha value is -0.620. The summed E-state index contributed by atoms with van der Waals surface area (Å²) in [6.07, 6.45) is 0.227. The van der Waals surface area contributed by atoms with Gasteiger partial charge in [0.05, 0.1) is 4.75 Å². The van der Waals surface area contributed by atoms with E-state index in [9.17, 15) is 13.2 Å². The summed E-state index contributed by atoms with van der Waals surface area (Å²) >= 11 is 0. The first-order valence-electron chi connectivity index (χ1n) is 4.36. The van der Waals surface area contributed by atoms with Crippen LogP contribution < -0.4 is 4.72 Å². The van der Waals surface area contributed by atoms with E-state index < -0.39 is 26.8 Å². The van der Waals surface area contributed by atoms with Gasteiger partial charge in [0.2, 0.25) is 10.0 Å². The molecule has 0 heterocycles. The van der Waals surface area contributed by atoms with Crippen molar-refractivity contribution < 1.29 is 18.3 Å². The van der Waals surface area contributed by atoms with Crippen molar-refractivity contribution in [2.24, 2.45) is 0 Å². The van der Waals surface area contributed by atoms with Gasteiger partial charge in [-0.3, -0.25) is 4.79 Å². The highest BCUT2D eigenvalue weighted by atomic mass is 32.2. The van der Waals surface area contributed by atoms with E-state index in [4.69, 9.17) is 5.11 Å². The highest BCUT2D eigenvalue weighted by Crippen LogP contribution is 2.14. The molecule has 0 bridgehead atoms. The number of sulfonamides is 1. The molecular formula is C8H17NO4S. The Kier molecular flexibility index (Phi) is 4.08. The van der Waals surface area contributed by atoms with Crippen molar-refractivity contribution in [1.29, 1.82) is 0 Å². The lowest BCUT2D eigenvalue weighted by Crippen LogP contribution is -2.47. The Labute approximate surface area is 84.6 Å². The lowest BCUT2D eigenvalue weighted by atomic mass is 10.2. The first-order chi connectivity index (χ1) is 6.12. The first-order valence-corrected chi connectivity index (χ1v) is 5.85. The number of aliphatic carboxylic acids is 1. The molecule has 0 spiro atoms. The molecule has 0 aliphatic rings. The summed E-state index contributed by atoms with van der Waals surface area (Å²) in [5.74, 6) is -1.15. The number of hydrogen-bond donors (Lipinski definition) is 2. The average Bonchev–Trinajstić information content (AvgIpc) is 1.97. The maximum atomic E-state index is 11.6. The predicted octanol–water partition coefficient (Wildman–Crippen LogP) is 0.567. The number of nitrogens with one attached hydrogen (secondary N) is 1. The van der Waals surface area contributed by atoms with Gasteiger partial charge in [-0.2, -0.15) is 0 Å². The second kappa shape index (κ2) is 4.27. The van der Waals surface area contributed by atoms with Crippen LogP contribution in [0, 0.1) is 0 Å². The standard InChI is InChI=1S/C8H17NO4S/c1-5-6(7(10)11)9-14(12,13)8(2,3)4/h6,9H,5H2,1-4H3,(H,10,11). The Bertz CT molecular complexity index is 302. The van der Waals surface area contributed by atoms with E-state index in [0.29, 0.717) is 0 Å². The Morgan fingerprint density at radius 1 is 1.43 bits per heavy atom. The van der Waals surface area contributed by atoms with Gasteiger partial charge in [-0.1, -0.05) is 6.92 Å². The van der Waals surface area contributed by atoms with Crippen LogP contribution >= 0.6 is 0 Å². The third-order valence-corrected chi connectivity index (χ3v) is 4.02. The smallest absolute Gasteiger partial charge is 0.321 e. The molecule has 0 aromatic rings. The van der Waals surface area contributed by atoms with Crippen molar-refractivity contribution in [2.75, 3.05) is 0 Å². The average molecular weight is 223 g/mol. The number of rotatable bonds is 4. The van der Waals surface area contributed by atoms with Gasteiger partial charge in [0.25, 0.3) is 0 Å². The van der Waals surface area contributed by atoms with E-state index in [1.165, 1.54) is 20.8 Å². The fraction of sp³-hybridized carbons (Fsp3) is 0.875. The summed E-state index contributed by atoms with van der Waals surface area (Å²) in [6, 6.07) is -1.04. The van der Waals surface area contributed by atoms with Crippen molar-refractivity contribution >= 4 is 16.0 Å². The molecule has 0 saturated carbocycles. The van der Waals surface area contributed by atoms with Gasteiger partial charge in [0.15, 0.2) is 0 Å².